The van der Waals surface area contributed by atoms with E-state index in [0.717, 1.165) is 18.4 Å². The van der Waals surface area contributed by atoms with E-state index in [0.29, 0.717) is 46.7 Å². The second kappa shape index (κ2) is 9.42. The zero-order valence-corrected chi connectivity index (χ0v) is 18.8. The molecule has 0 bridgehead atoms. The maximum Gasteiger partial charge on any atom is 0.307 e. The molecule has 0 spiro atoms. The van der Waals surface area contributed by atoms with Gasteiger partial charge in [0, 0.05) is 12.5 Å². The lowest BCUT2D eigenvalue weighted by Gasteiger charge is -2.31. The van der Waals surface area contributed by atoms with Crippen LogP contribution in [0.25, 0.3) is 5.76 Å². The highest BCUT2D eigenvalue weighted by atomic mass is 16.7. The molecule has 0 aliphatic carbocycles. The van der Waals surface area contributed by atoms with Crippen LogP contribution in [0.4, 0.5) is 0 Å². The fourth-order valence-corrected chi connectivity index (χ4v) is 3.55. The average Bonchev–Trinajstić information content (AvgIpc) is 3.23. The summed E-state index contributed by atoms with van der Waals surface area (Å²) in [5.41, 5.74) is 1.44. The topological polar surface area (TPSA) is 72.5 Å². The van der Waals surface area contributed by atoms with E-state index in [1.807, 2.05) is 50.2 Å². The Morgan fingerprint density at radius 1 is 1.09 bits per heavy atom. The Morgan fingerprint density at radius 3 is 2.62 bits per heavy atom. The minimum atomic E-state index is -0.693. The van der Waals surface area contributed by atoms with Gasteiger partial charge in [0.25, 0.3) is 0 Å². The third kappa shape index (κ3) is 4.61. The van der Waals surface area contributed by atoms with E-state index in [4.69, 9.17) is 28.4 Å². The maximum absolute atomic E-state index is 12.0. The first-order valence-electron chi connectivity index (χ1n) is 10.9. The number of unbranched alkanes of at least 4 members (excludes halogenated alkanes) is 1. The summed E-state index contributed by atoms with van der Waals surface area (Å²) in [4.78, 5) is 12.0. The van der Waals surface area contributed by atoms with Crippen LogP contribution in [0.5, 0.6) is 23.0 Å². The largest absolute Gasteiger partial charge is 0.494 e. The predicted molar refractivity (Wildman–Crippen MR) is 118 cm³/mol. The van der Waals surface area contributed by atoms with E-state index in [1.165, 1.54) is 6.92 Å². The monoisotopic (exact) mass is 440 g/mol. The van der Waals surface area contributed by atoms with Crippen molar-refractivity contribution in [3.63, 3.8) is 0 Å². The lowest BCUT2D eigenvalue weighted by Crippen LogP contribution is -2.23. The van der Waals surface area contributed by atoms with Gasteiger partial charge in [0.1, 0.15) is 11.5 Å². The van der Waals surface area contributed by atoms with Crippen molar-refractivity contribution in [2.45, 2.75) is 52.7 Å². The predicted octanol–water partition coefficient (Wildman–Crippen LogP) is 5.38. The molecule has 0 radical (unpaired) electrons. The number of carbonyl (C=O) groups is 1. The molecule has 1 unspecified atom stereocenters. The molecule has 0 N–H and O–H groups in total. The standard InChI is InChI=1S/C25H28O7/c1-5-6-11-27-18-8-10-20-19(13-18)24(30-15(2)3)25(31-16(4)26)23(32-20)17-7-9-21-22(12-17)29-14-28-21/h7-10,12-13,15,23H,5-6,11,14H2,1-4H3. The summed E-state index contributed by atoms with van der Waals surface area (Å²) in [6.07, 6.45) is 1.16. The number of rotatable bonds is 8. The lowest BCUT2D eigenvalue weighted by atomic mass is 9.99. The number of fused-ring (bicyclic) bond motifs is 2. The van der Waals surface area contributed by atoms with Crippen LogP contribution in [-0.2, 0) is 14.3 Å². The number of hydrogen-bond acceptors (Lipinski definition) is 7. The van der Waals surface area contributed by atoms with Gasteiger partial charge in [-0.25, -0.2) is 0 Å². The molecule has 2 aliphatic rings. The van der Waals surface area contributed by atoms with Gasteiger partial charge in [-0.15, -0.1) is 0 Å². The summed E-state index contributed by atoms with van der Waals surface area (Å²) < 4.78 is 35.0. The molecular weight excluding hydrogens is 412 g/mol. The summed E-state index contributed by atoms with van der Waals surface area (Å²) in [6.45, 7) is 8.11. The number of carbonyl (C=O) groups excluding carboxylic acids is 1. The molecule has 0 aromatic heterocycles. The van der Waals surface area contributed by atoms with E-state index in [-0.39, 0.29) is 12.9 Å². The SMILES string of the molecule is CCCCOc1ccc2c(c1)C(OC(C)C)=C(OC(C)=O)C(c1ccc3c(c1)OCO3)O2. The van der Waals surface area contributed by atoms with Gasteiger partial charge in [-0.2, -0.15) is 0 Å². The Kier molecular flexibility index (Phi) is 6.44. The van der Waals surface area contributed by atoms with E-state index in [1.54, 1.807) is 0 Å². The smallest absolute Gasteiger partial charge is 0.307 e. The van der Waals surface area contributed by atoms with Crippen LogP contribution in [0, 0.1) is 0 Å². The second-order valence-electron chi connectivity index (χ2n) is 7.92. The minimum Gasteiger partial charge on any atom is -0.494 e. The van der Waals surface area contributed by atoms with Gasteiger partial charge in [0.15, 0.2) is 29.1 Å². The third-order valence-electron chi connectivity index (χ3n) is 4.98. The Bertz CT molecular complexity index is 1020. The van der Waals surface area contributed by atoms with Gasteiger partial charge in [0.05, 0.1) is 18.3 Å². The van der Waals surface area contributed by atoms with Crippen molar-refractivity contribution in [1.82, 2.24) is 0 Å². The molecule has 4 rings (SSSR count). The van der Waals surface area contributed by atoms with Gasteiger partial charge in [-0.3, -0.25) is 4.79 Å². The van der Waals surface area contributed by atoms with Crippen molar-refractivity contribution in [3.8, 4) is 23.0 Å². The van der Waals surface area contributed by atoms with Crippen molar-refractivity contribution in [1.29, 1.82) is 0 Å². The Hall–Kier alpha value is -3.35. The number of benzene rings is 2. The molecule has 2 aromatic carbocycles. The summed E-state index contributed by atoms with van der Waals surface area (Å²) in [6, 6.07) is 11.1. The van der Waals surface area contributed by atoms with Crippen molar-refractivity contribution < 1.29 is 33.2 Å². The van der Waals surface area contributed by atoms with Crippen LogP contribution in [-0.4, -0.2) is 25.5 Å². The van der Waals surface area contributed by atoms with Gasteiger partial charge < -0.3 is 28.4 Å². The highest BCUT2D eigenvalue weighted by Gasteiger charge is 2.35. The Labute approximate surface area is 187 Å². The first-order chi connectivity index (χ1) is 15.5. The molecule has 2 aromatic rings. The number of hydrogen-bond donors (Lipinski definition) is 0. The van der Waals surface area contributed by atoms with Gasteiger partial charge in [0.2, 0.25) is 6.79 Å². The van der Waals surface area contributed by atoms with Crippen molar-refractivity contribution >= 4 is 11.7 Å². The summed E-state index contributed by atoms with van der Waals surface area (Å²) >= 11 is 0. The first-order valence-corrected chi connectivity index (χ1v) is 10.9. The van der Waals surface area contributed by atoms with Crippen LogP contribution in [0.1, 0.15) is 57.8 Å². The molecule has 0 fully saturated rings. The average molecular weight is 440 g/mol. The van der Waals surface area contributed by atoms with Crippen LogP contribution < -0.4 is 18.9 Å². The molecule has 0 saturated carbocycles. The van der Waals surface area contributed by atoms with Crippen LogP contribution in [0.3, 0.4) is 0 Å². The van der Waals surface area contributed by atoms with Crippen LogP contribution in [0.15, 0.2) is 42.2 Å². The first kappa shape index (κ1) is 21.9. The molecule has 7 nitrogen and oxygen atoms in total. The Morgan fingerprint density at radius 2 is 1.88 bits per heavy atom. The van der Waals surface area contributed by atoms with E-state index < -0.39 is 12.1 Å². The summed E-state index contributed by atoms with van der Waals surface area (Å²) in [5.74, 6) is 2.89. The van der Waals surface area contributed by atoms with Crippen molar-refractivity contribution in [3.05, 3.63) is 53.3 Å². The fourth-order valence-electron chi connectivity index (χ4n) is 3.55. The maximum atomic E-state index is 12.0. The van der Waals surface area contributed by atoms with Gasteiger partial charge in [-0.05, 0) is 50.6 Å². The molecule has 7 heteroatoms. The highest BCUT2D eigenvalue weighted by molar-refractivity contribution is 5.76. The Balaban J connectivity index is 1.79. The van der Waals surface area contributed by atoms with Gasteiger partial charge >= 0.3 is 5.97 Å². The molecule has 0 saturated heterocycles. The normalized spacial score (nSPS) is 16.5. The van der Waals surface area contributed by atoms with E-state index in [2.05, 4.69) is 6.92 Å². The second-order valence-corrected chi connectivity index (χ2v) is 7.92. The van der Waals surface area contributed by atoms with E-state index in [9.17, 15) is 4.79 Å². The molecule has 32 heavy (non-hydrogen) atoms. The number of ether oxygens (including phenoxy) is 6. The molecule has 170 valence electrons. The zero-order valence-electron chi connectivity index (χ0n) is 18.8. The molecule has 2 heterocycles. The third-order valence-corrected chi connectivity index (χ3v) is 4.98. The molecule has 0 amide bonds. The molecular formula is C25H28O7. The fraction of sp³-hybridized carbons (Fsp3) is 0.400. The van der Waals surface area contributed by atoms with Gasteiger partial charge in [-0.1, -0.05) is 19.4 Å². The van der Waals surface area contributed by atoms with Crippen molar-refractivity contribution in [2.24, 2.45) is 0 Å². The lowest BCUT2D eigenvalue weighted by molar-refractivity contribution is -0.138. The highest BCUT2D eigenvalue weighted by Crippen LogP contribution is 2.46. The van der Waals surface area contributed by atoms with Crippen molar-refractivity contribution in [2.75, 3.05) is 13.4 Å². The van der Waals surface area contributed by atoms with E-state index >= 15 is 0 Å². The molecule has 1 atom stereocenters. The van der Waals surface area contributed by atoms with Crippen LogP contribution >= 0.6 is 0 Å². The quantitative estimate of drug-likeness (QED) is 0.403. The summed E-state index contributed by atoms with van der Waals surface area (Å²) in [7, 11) is 0. The summed E-state index contributed by atoms with van der Waals surface area (Å²) in [5, 5.41) is 0. The molecule has 2 aliphatic heterocycles. The zero-order chi connectivity index (χ0) is 22.7. The minimum absolute atomic E-state index is 0.149. The van der Waals surface area contributed by atoms with Crippen LogP contribution in [0.2, 0.25) is 0 Å². The number of esters is 1.